The summed E-state index contributed by atoms with van der Waals surface area (Å²) in [6.07, 6.45) is 12.3. The van der Waals surface area contributed by atoms with Gasteiger partial charge >= 0.3 is 0 Å². The number of nitrogens with zero attached hydrogens (tertiary/aromatic N) is 1. The Balaban J connectivity index is 1.92. The molecule has 4 heteroatoms. The molecule has 3 atom stereocenters. The monoisotopic (exact) mass is 302 g/mol. The van der Waals surface area contributed by atoms with E-state index in [1.54, 1.807) is 0 Å². The molecule has 2 saturated carbocycles. The Morgan fingerprint density at radius 3 is 2.40 bits per heavy atom. The summed E-state index contributed by atoms with van der Waals surface area (Å²) in [7, 11) is 0. The van der Waals surface area contributed by atoms with Crippen LogP contribution in [0.1, 0.15) is 64.7 Å². The largest absolute Gasteiger partial charge is 0.343 e. The zero-order valence-electron chi connectivity index (χ0n) is 13.1. The molecule has 118 valence electrons. The van der Waals surface area contributed by atoms with Crippen molar-refractivity contribution in [3.05, 3.63) is 0 Å². The third-order valence-corrected chi connectivity index (χ3v) is 5.92. The van der Waals surface area contributed by atoms with Gasteiger partial charge in [-0.05, 0) is 56.8 Å². The standard InChI is InChI=1S/C16H32ClN3/c1-12(19)20(11-18)16-5-3-2-4-14(16)10-13-6-8-15(17)9-7-13/h12-16H,2-11,18-19H2,1H3/p+1. The second kappa shape index (κ2) is 7.98. The minimum Gasteiger partial charge on any atom is -0.343 e. The Bertz CT molecular complexity index is 277. The summed E-state index contributed by atoms with van der Waals surface area (Å²) in [5.74, 6) is 1.73. The van der Waals surface area contributed by atoms with Crippen LogP contribution in [0.4, 0.5) is 0 Å². The summed E-state index contributed by atoms with van der Waals surface area (Å²) < 4.78 is 0. The molecule has 2 rings (SSSR count). The number of rotatable bonds is 5. The average Bonchev–Trinajstić information content (AvgIpc) is 2.43. The predicted molar refractivity (Wildman–Crippen MR) is 85.2 cm³/mol. The van der Waals surface area contributed by atoms with Crippen LogP contribution in [-0.2, 0) is 0 Å². The van der Waals surface area contributed by atoms with Crippen LogP contribution < -0.4 is 11.5 Å². The summed E-state index contributed by atoms with van der Waals surface area (Å²) >= 11 is 6.23. The second-order valence-corrected chi connectivity index (χ2v) is 7.63. The third kappa shape index (κ3) is 4.33. The lowest BCUT2D eigenvalue weighted by molar-refractivity contribution is -0.456. The highest BCUT2D eigenvalue weighted by atomic mass is 35.5. The number of quaternary nitrogens is 1. The van der Waals surface area contributed by atoms with Gasteiger partial charge in [-0.3, -0.25) is 0 Å². The molecular weight excluding hydrogens is 270 g/mol. The van der Waals surface area contributed by atoms with Crippen LogP contribution in [-0.4, -0.2) is 29.2 Å². The second-order valence-electron chi connectivity index (χ2n) is 7.01. The molecule has 0 aromatic heterocycles. The average molecular weight is 303 g/mol. The summed E-state index contributed by atoms with van der Waals surface area (Å²) in [5.41, 5.74) is 10.2. The third-order valence-electron chi connectivity index (χ3n) is 5.48. The van der Waals surface area contributed by atoms with E-state index in [2.05, 4.69) is 17.6 Å². The number of hydrogen-bond donors (Lipinski definition) is 2. The van der Waals surface area contributed by atoms with E-state index in [1.807, 2.05) is 0 Å². The molecule has 3 nitrogen and oxygen atoms in total. The van der Waals surface area contributed by atoms with E-state index in [-0.39, 0.29) is 0 Å². The molecule has 2 aliphatic carbocycles. The molecule has 0 heterocycles. The number of alkyl halides is 1. The van der Waals surface area contributed by atoms with Gasteiger partial charge in [-0.15, -0.1) is 11.6 Å². The number of nitrogens with two attached hydrogens (primary N) is 1. The fourth-order valence-electron chi connectivity index (χ4n) is 4.33. The van der Waals surface area contributed by atoms with Crippen molar-refractivity contribution in [3.63, 3.8) is 0 Å². The summed E-state index contributed by atoms with van der Waals surface area (Å²) in [5, 5.41) is 0.439. The van der Waals surface area contributed by atoms with Crippen LogP contribution in [0.3, 0.4) is 0 Å². The minimum absolute atomic E-state index is 0.323. The lowest BCUT2D eigenvalue weighted by atomic mass is 9.74. The molecule has 20 heavy (non-hydrogen) atoms. The highest BCUT2D eigenvalue weighted by Crippen LogP contribution is 2.38. The van der Waals surface area contributed by atoms with Gasteiger partial charge in [0.15, 0.2) is 0 Å². The van der Waals surface area contributed by atoms with Gasteiger partial charge in [-0.25, -0.2) is 4.90 Å². The van der Waals surface area contributed by atoms with Crippen LogP contribution in [0, 0.1) is 11.8 Å². The van der Waals surface area contributed by atoms with Crippen molar-refractivity contribution in [3.8, 4) is 0 Å². The Morgan fingerprint density at radius 2 is 1.80 bits per heavy atom. The van der Waals surface area contributed by atoms with E-state index in [4.69, 9.17) is 17.3 Å². The van der Waals surface area contributed by atoms with Crippen molar-refractivity contribution in [2.24, 2.45) is 17.6 Å². The van der Waals surface area contributed by atoms with Crippen LogP contribution >= 0.6 is 11.6 Å². The van der Waals surface area contributed by atoms with Gasteiger partial charge in [0.25, 0.3) is 0 Å². The Kier molecular flexibility index (Phi) is 6.60. The molecule has 2 aliphatic rings. The highest BCUT2D eigenvalue weighted by molar-refractivity contribution is 6.20. The van der Waals surface area contributed by atoms with Crippen molar-refractivity contribution in [2.75, 3.05) is 6.67 Å². The Labute approximate surface area is 129 Å². The van der Waals surface area contributed by atoms with E-state index in [0.717, 1.165) is 11.8 Å². The number of hydrogen-bond acceptors (Lipinski definition) is 2. The Hall–Kier alpha value is 0.170. The van der Waals surface area contributed by atoms with Gasteiger partial charge in [0, 0.05) is 18.3 Å². The Morgan fingerprint density at radius 1 is 1.15 bits per heavy atom. The first kappa shape index (κ1) is 16.5. The van der Waals surface area contributed by atoms with Crippen molar-refractivity contribution < 1.29 is 5.73 Å². The molecule has 0 spiro atoms. The van der Waals surface area contributed by atoms with Crippen molar-refractivity contribution in [2.45, 2.75) is 82.3 Å². The van der Waals surface area contributed by atoms with E-state index >= 15 is 0 Å². The fraction of sp³-hybridized carbons (Fsp3) is 1.00. The van der Waals surface area contributed by atoms with Crippen LogP contribution in [0.25, 0.3) is 0 Å². The quantitative estimate of drug-likeness (QED) is 0.606. The van der Waals surface area contributed by atoms with Gasteiger partial charge in [-0.2, -0.15) is 0 Å². The molecule has 0 saturated heterocycles. The zero-order chi connectivity index (χ0) is 14.5. The molecule has 0 aliphatic heterocycles. The van der Waals surface area contributed by atoms with Crippen molar-refractivity contribution in [1.82, 2.24) is 4.90 Å². The van der Waals surface area contributed by atoms with Gasteiger partial charge in [-0.1, -0.05) is 12.8 Å². The summed E-state index contributed by atoms with van der Waals surface area (Å²) in [6.45, 7) is 2.83. The molecule has 5 N–H and O–H groups in total. The van der Waals surface area contributed by atoms with Gasteiger partial charge in [0.1, 0.15) is 6.17 Å². The SMILES string of the molecule is CC([NH3+])N(CN)C1CCCCC1CC1CCC(Cl)CC1. The number of halogens is 1. The van der Waals surface area contributed by atoms with Crippen molar-refractivity contribution in [1.29, 1.82) is 0 Å². The zero-order valence-corrected chi connectivity index (χ0v) is 13.8. The highest BCUT2D eigenvalue weighted by Gasteiger charge is 2.34. The maximum atomic E-state index is 6.23. The van der Waals surface area contributed by atoms with Crippen LogP contribution in [0.15, 0.2) is 0 Å². The molecule has 0 aromatic carbocycles. The summed E-state index contributed by atoms with van der Waals surface area (Å²) in [6, 6.07) is 0.662. The maximum absolute atomic E-state index is 6.23. The predicted octanol–water partition coefficient (Wildman–Crippen LogP) is 2.54. The topological polar surface area (TPSA) is 56.9 Å². The van der Waals surface area contributed by atoms with Crippen molar-refractivity contribution >= 4 is 11.6 Å². The fourth-order valence-corrected chi connectivity index (χ4v) is 4.58. The molecular formula is C16H33ClN3+. The lowest BCUT2D eigenvalue weighted by Crippen LogP contribution is -2.70. The normalized spacial score (nSPS) is 37.0. The smallest absolute Gasteiger partial charge is 0.139 e. The first-order valence-corrected chi connectivity index (χ1v) is 8.98. The van der Waals surface area contributed by atoms with E-state index in [0.29, 0.717) is 24.3 Å². The maximum Gasteiger partial charge on any atom is 0.139 e. The molecule has 2 fully saturated rings. The molecule has 0 bridgehead atoms. The summed E-state index contributed by atoms with van der Waals surface area (Å²) in [4.78, 5) is 2.43. The van der Waals surface area contributed by atoms with Gasteiger partial charge < -0.3 is 11.5 Å². The van der Waals surface area contributed by atoms with Crippen LogP contribution in [0.5, 0.6) is 0 Å². The molecule has 0 amide bonds. The molecule has 3 unspecified atom stereocenters. The lowest BCUT2D eigenvalue weighted by Gasteiger charge is -2.41. The first-order valence-electron chi connectivity index (χ1n) is 8.54. The minimum atomic E-state index is 0.323. The molecule has 0 aromatic rings. The van der Waals surface area contributed by atoms with Crippen LogP contribution in [0.2, 0.25) is 0 Å². The van der Waals surface area contributed by atoms with E-state index in [1.165, 1.54) is 57.8 Å². The first-order chi connectivity index (χ1) is 9.61. The van der Waals surface area contributed by atoms with E-state index in [9.17, 15) is 0 Å². The van der Waals surface area contributed by atoms with Gasteiger partial charge in [0.2, 0.25) is 0 Å². The van der Waals surface area contributed by atoms with E-state index < -0.39 is 0 Å². The molecule has 0 radical (unpaired) electrons. The van der Waals surface area contributed by atoms with Gasteiger partial charge in [0.05, 0.1) is 6.67 Å².